The average molecular weight is 258 g/mol. The summed E-state index contributed by atoms with van der Waals surface area (Å²) in [6, 6.07) is 4.09. The lowest BCUT2D eigenvalue weighted by Gasteiger charge is -2.09. The molecule has 0 spiro atoms. The van der Waals surface area contributed by atoms with Gasteiger partial charge in [0.1, 0.15) is 11.6 Å². The van der Waals surface area contributed by atoms with Gasteiger partial charge in [0.15, 0.2) is 5.65 Å². The monoisotopic (exact) mass is 258 g/mol. The summed E-state index contributed by atoms with van der Waals surface area (Å²) >= 11 is 0. The van der Waals surface area contributed by atoms with Crippen molar-refractivity contribution < 1.29 is 0 Å². The lowest BCUT2D eigenvalue weighted by molar-refractivity contribution is 0.457. The van der Waals surface area contributed by atoms with Gasteiger partial charge in [-0.25, -0.2) is 9.97 Å². The maximum absolute atomic E-state index is 4.72. The highest BCUT2D eigenvalue weighted by atomic mass is 15.2. The Hall–Kier alpha value is -1.58. The predicted octanol–water partition coefficient (Wildman–Crippen LogP) is 3.17. The van der Waals surface area contributed by atoms with Crippen LogP contribution in [0.1, 0.15) is 39.4 Å². The highest BCUT2D eigenvalue weighted by Gasteiger charge is 2.66. The normalized spacial score (nSPS) is 20.7. The van der Waals surface area contributed by atoms with Gasteiger partial charge in [-0.2, -0.15) is 0 Å². The number of nitrogens with one attached hydrogen (secondary N) is 1. The average Bonchev–Trinajstić information content (AvgIpc) is 2.62. The van der Waals surface area contributed by atoms with Crippen LogP contribution < -0.4 is 4.90 Å². The Bertz CT molecular complexity index is 623. The van der Waals surface area contributed by atoms with Gasteiger partial charge in [-0.05, 0) is 23.0 Å². The SMILES string of the molecule is CN(C)c1ccc2[nH]c(C3C(C)(C)C3(C)C)nc2n1. The molecule has 2 aromatic heterocycles. The third-order valence-corrected chi connectivity index (χ3v) is 5.10. The van der Waals surface area contributed by atoms with E-state index in [2.05, 4.69) is 43.7 Å². The molecule has 1 N–H and O–H groups in total. The van der Waals surface area contributed by atoms with Crippen LogP contribution in [0.3, 0.4) is 0 Å². The fourth-order valence-corrected chi connectivity index (χ4v) is 3.17. The molecule has 0 saturated heterocycles. The van der Waals surface area contributed by atoms with Gasteiger partial charge in [-0.15, -0.1) is 0 Å². The van der Waals surface area contributed by atoms with Crippen LogP contribution in [0.2, 0.25) is 0 Å². The highest BCUT2D eigenvalue weighted by molar-refractivity contribution is 5.73. The van der Waals surface area contributed by atoms with Crippen molar-refractivity contribution in [1.29, 1.82) is 0 Å². The Kier molecular flexibility index (Phi) is 2.29. The minimum Gasteiger partial charge on any atom is -0.363 e. The van der Waals surface area contributed by atoms with Gasteiger partial charge in [-0.3, -0.25) is 0 Å². The number of aromatic amines is 1. The van der Waals surface area contributed by atoms with E-state index in [1.807, 2.05) is 25.1 Å². The molecule has 0 bridgehead atoms. The van der Waals surface area contributed by atoms with Crippen molar-refractivity contribution in [2.45, 2.75) is 33.6 Å². The van der Waals surface area contributed by atoms with Crippen LogP contribution >= 0.6 is 0 Å². The predicted molar refractivity (Wildman–Crippen MR) is 78.5 cm³/mol. The number of H-pyrrole nitrogens is 1. The summed E-state index contributed by atoms with van der Waals surface area (Å²) in [6.45, 7) is 9.24. The zero-order chi connectivity index (χ0) is 14.0. The summed E-state index contributed by atoms with van der Waals surface area (Å²) in [5.41, 5.74) is 2.44. The summed E-state index contributed by atoms with van der Waals surface area (Å²) in [7, 11) is 3.99. The van der Waals surface area contributed by atoms with E-state index >= 15 is 0 Å². The summed E-state index contributed by atoms with van der Waals surface area (Å²) < 4.78 is 0. The number of aromatic nitrogens is 3. The molecular formula is C15H22N4. The second kappa shape index (κ2) is 3.50. The molecule has 0 unspecified atom stereocenters. The number of rotatable bonds is 2. The van der Waals surface area contributed by atoms with Gasteiger partial charge in [0.05, 0.1) is 5.52 Å². The molecule has 19 heavy (non-hydrogen) atoms. The number of hydrogen-bond donors (Lipinski definition) is 1. The summed E-state index contributed by atoms with van der Waals surface area (Å²) in [5, 5.41) is 0. The van der Waals surface area contributed by atoms with E-state index in [-0.39, 0.29) is 0 Å². The maximum Gasteiger partial charge on any atom is 0.179 e. The van der Waals surface area contributed by atoms with Crippen LogP contribution in [-0.2, 0) is 0 Å². The molecule has 1 aliphatic rings. The van der Waals surface area contributed by atoms with E-state index in [4.69, 9.17) is 4.98 Å². The van der Waals surface area contributed by atoms with Crippen LogP contribution in [0.5, 0.6) is 0 Å². The van der Waals surface area contributed by atoms with Gasteiger partial charge in [0.2, 0.25) is 0 Å². The molecule has 0 amide bonds. The first-order chi connectivity index (χ1) is 8.75. The van der Waals surface area contributed by atoms with Crippen molar-refractivity contribution in [2.24, 2.45) is 10.8 Å². The minimum absolute atomic E-state index is 0.297. The number of hydrogen-bond acceptors (Lipinski definition) is 3. The molecule has 102 valence electrons. The van der Waals surface area contributed by atoms with Gasteiger partial charge in [-0.1, -0.05) is 27.7 Å². The molecule has 1 fully saturated rings. The molecular weight excluding hydrogens is 236 g/mol. The molecule has 1 saturated carbocycles. The van der Waals surface area contributed by atoms with Crippen molar-refractivity contribution in [1.82, 2.24) is 15.0 Å². The first kappa shape index (κ1) is 12.5. The van der Waals surface area contributed by atoms with Crippen LogP contribution in [0.4, 0.5) is 5.82 Å². The van der Waals surface area contributed by atoms with E-state index in [0.717, 1.165) is 22.8 Å². The van der Waals surface area contributed by atoms with Gasteiger partial charge in [0, 0.05) is 20.0 Å². The molecule has 0 aromatic carbocycles. The van der Waals surface area contributed by atoms with Gasteiger partial charge in [0.25, 0.3) is 0 Å². The smallest absolute Gasteiger partial charge is 0.179 e. The summed E-state index contributed by atoms with van der Waals surface area (Å²) in [6.07, 6.45) is 0. The van der Waals surface area contributed by atoms with Crippen LogP contribution in [0, 0.1) is 10.8 Å². The van der Waals surface area contributed by atoms with Crippen LogP contribution in [-0.4, -0.2) is 29.0 Å². The second-order valence-corrected chi connectivity index (χ2v) is 6.93. The first-order valence-electron chi connectivity index (χ1n) is 6.79. The minimum atomic E-state index is 0.297. The molecule has 0 radical (unpaired) electrons. The van der Waals surface area contributed by atoms with Crippen molar-refractivity contribution in [3.05, 3.63) is 18.0 Å². The largest absolute Gasteiger partial charge is 0.363 e. The first-order valence-corrected chi connectivity index (χ1v) is 6.79. The van der Waals surface area contributed by atoms with E-state index in [0.29, 0.717) is 16.7 Å². The summed E-state index contributed by atoms with van der Waals surface area (Å²) in [4.78, 5) is 14.7. The third kappa shape index (κ3) is 1.58. The second-order valence-electron chi connectivity index (χ2n) is 6.93. The van der Waals surface area contributed by atoms with Crippen molar-refractivity contribution >= 4 is 17.0 Å². The number of nitrogens with zero attached hydrogens (tertiary/aromatic N) is 3. The fourth-order valence-electron chi connectivity index (χ4n) is 3.17. The third-order valence-electron chi connectivity index (χ3n) is 5.10. The Morgan fingerprint density at radius 2 is 1.68 bits per heavy atom. The molecule has 0 atom stereocenters. The van der Waals surface area contributed by atoms with E-state index in [9.17, 15) is 0 Å². The topological polar surface area (TPSA) is 44.8 Å². The lowest BCUT2D eigenvalue weighted by atomic mass is 10.0. The number of anilines is 1. The lowest BCUT2D eigenvalue weighted by Crippen LogP contribution is -2.10. The molecule has 3 rings (SSSR count). The van der Waals surface area contributed by atoms with Gasteiger partial charge >= 0.3 is 0 Å². The molecule has 4 nitrogen and oxygen atoms in total. The van der Waals surface area contributed by atoms with Crippen molar-refractivity contribution in [2.75, 3.05) is 19.0 Å². The number of fused-ring (bicyclic) bond motifs is 1. The maximum atomic E-state index is 4.72. The van der Waals surface area contributed by atoms with E-state index in [1.54, 1.807) is 0 Å². The molecule has 4 heteroatoms. The van der Waals surface area contributed by atoms with Crippen LogP contribution in [0.15, 0.2) is 12.1 Å². The van der Waals surface area contributed by atoms with Crippen molar-refractivity contribution in [3.8, 4) is 0 Å². The van der Waals surface area contributed by atoms with E-state index < -0.39 is 0 Å². The summed E-state index contributed by atoms with van der Waals surface area (Å²) in [5.74, 6) is 2.50. The Morgan fingerprint density at radius 1 is 1.05 bits per heavy atom. The molecule has 2 heterocycles. The molecule has 0 aliphatic heterocycles. The zero-order valence-electron chi connectivity index (χ0n) is 12.6. The fraction of sp³-hybridized carbons (Fsp3) is 0.600. The Balaban J connectivity index is 2.04. The number of pyridine rings is 1. The number of imidazole rings is 1. The van der Waals surface area contributed by atoms with Crippen LogP contribution in [0.25, 0.3) is 11.2 Å². The Morgan fingerprint density at radius 3 is 2.21 bits per heavy atom. The Labute approximate surface area is 114 Å². The van der Waals surface area contributed by atoms with Gasteiger partial charge < -0.3 is 9.88 Å². The van der Waals surface area contributed by atoms with Crippen molar-refractivity contribution in [3.63, 3.8) is 0 Å². The quantitative estimate of drug-likeness (QED) is 0.900. The van der Waals surface area contributed by atoms with E-state index in [1.165, 1.54) is 0 Å². The highest BCUT2D eigenvalue weighted by Crippen LogP contribution is 2.73. The molecule has 1 aliphatic carbocycles. The molecule has 2 aromatic rings. The zero-order valence-corrected chi connectivity index (χ0v) is 12.6. The standard InChI is InChI=1S/C15H22N4/c1-14(2)11(15(14,3)4)13-16-9-7-8-10(19(5)6)17-12(9)18-13/h7-8,11H,1-6H3,(H,16,17,18).